The molecule has 0 heterocycles. The van der Waals surface area contributed by atoms with E-state index >= 15 is 0 Å². The van der Waals surface area contributed by atoms with Crippen LogP contribution in [0.3, 0.4) is 0 Å². The quantitative estimate of drug-likeness (QED) is 0.523. The summed E-state index contributed by atoms with van der Waals surface area (Å²) in [6, 6.07) is 11.5. The van der Waals surface area contributed by atoms with Crippen molar-refractivity contribution in [3.8, 4) is 0 Å². The molecule has 0 spiro atoms. The van der Waals surface area contributed by atoms with Gasteiger partial charge in [0.1, 0.15) is 0 Å². The molecular formula is C16H11BrCl2O3. The van der Waals surface area contributed by atoms with Gasteiger partial charge in [0.15, 0.2) is 6.10 Å². The second kappa shape index (κ2) is 7.27. The van der Waals surface area contributed by atoms with Gasteiger partial charge in [0.05, 0.1) is 15.6 Å². The summed E-state index contributed by atoms with van der Waals surface area (Å²) in [4.78, 5) is 24.4. The summed E-state index contributed by atoms with van der Waals surface area (Å²) in [5, 5.41) is 0.363. The van der Waals surface area contributed by atoms with Crippen LogP contribution in [0.5, 0.6) is 0 Å². The lowest BCUT2D eigenvalue weighted by molar-refractivity contribution is 0.0319. The summed E-state index contributed by atoms with van der Waals surface area (Å²) < 4.78 is 6.03. The van der Waals surface area contributed by atoms with Crippen LogP contribution in [0.15, 0.2) is 46.9 Å². The highest BCUT2D eigenvalue weighted by Crippen LogP contribution is 2.25. The molecule has 0 fully saturated rings. The van der Waals surface area contributed by atoms with E-state index in [0.717, 1.165) is 4.47 Å². The van der Waals surface area contributed by atoms with E-state index < -0.39 is 12.1 Å². The van der Waals surface area contributed by atoms with Crippen molar-refractivity contribution in [2.75, 3.05) is 0 Å². The first-order valence-corrected chi connectivity index (χ1v) is 7.90. The predicted octanol–water partition coefficient (Wildman–Crippen LogP) is 5.18. The second-order valence-corrected chi connectivity index (χ2v) is 6.25. The molecule has 3 nitrogen and oxygen atoms in total. The van der Waals surface area contributed by atoms with Gasteiger partial charge in [-0.15, -0.1) is 0 Å². The van der Waals surface area contributed by atoms with Crippen LogP contribution in [-0.2, 0) is 4.74 Å². The lowest BCUT2D eigenvalue weighted by atomic mass is 10.1. The van der Waals surface area contributed by atoms with Gasteiger partial charge in [-0.1, -0.05) is 57.3 Å². The third kappa shape index (κ3) is 3.88. The van der Waals surface area contributed by atoms with E-state index in [1.807, 2.05) is 0 Å². The molecule has 0 aromatic heterocycles. The fourth-order valence-electron chi connectivity index (χ4n) is 1.81. The Kier molecular flexibility index (Phi) is 5.62. The molecule has 0 unspecified atom stereocenters. The third-order valence-electron chi connectivity index (χ3n) is 2.95. The molecule has 2 rings (SSSR count). The number of benzene rings is 2. The van der Waals surface area contributed by atoms with Crippen LogP contribution in [0.2, 0.25) is 10.0 Å². The van der Waals surface area contributed by atoms with Crippen LogP contribution in [0, 0.1) is 0 Å². The minimum atomic E-state index is -0.944. The van der Waals surface area contributed by atoms with Gasteiger partial charge in [-0.2, -0.15) is 0 Å². The molecule has 2 aromatic carbocycles. The SMILES string of the molecule is C[C@@H](OC(=O)c1c(Cl)cccc1Cl)C(=O)c1ccc(Br)cc1. The highest BCUT2D eigenvalue weighted by molar-refractivity contribution is 9.10. The summed E-state index contributed by atoms with van der Waals surface area (Å²) in [6.45, 7) is 1.51. The molecule has 2 aromatic rings. The Labute approximate surface area is 146 Å². The molecule has 0 saturated carbocycles. The average molecular weight is 402 g/mol. The van der Waals surface area contributed by atoms with Crippen LogP contribution < -0.4 is 0 Å². The minimum Gasteiger partial charge on any atom is -0.451 e. The number of ether oxygens (including phenoxy) is 1. The Morgan fingerprint density at radius 3 is 2.14 bits per heavy atom. The van der Waals surface area contributed by atoms with Crippen molar-refractivity contribution in [1.29, 1.82) is 0 Å². The molecule has 22 heavy (non-hydrogen) atoms. The Bertz CT molecular complexity index is 694. The third-order valence-corrected chi connectivity index (χ3v) is 4.11. The van der Waals surface area contributed by atoms with Crippen molar-refractivity contribution in [3.05, 3.63) is 68.1 Å². The number of Topliss-reactive ketones (excluding diaryl/α,β-unsaturated/α-hetero) is 1. The highest BCUT2D eigenvalue weighted by atomic mass is 79.9. The Morgan fingerprint density at radius 2 is 1.59 bits per heavy atom. The smallest absolute Gasteiger partial charge is 0.341 e. The number of carbonyl (C=O) groups is 2. The van der Waals surface area contributed by atoms with Crippen LogP contribution in [-0.4, -0.2) is 17.9 Å². The lowest BCUT2D eigenvalue weighted by Gasteiger charge is -2.13. The maximum Gasteiger partial charge on any atom is 0.341 e. The maximum absolute atomic E-state index is 12.2. The first-order chi connectivity index (χ1) is 10.4. The molecule has 0 N–H and O–H groups in total. The lowest BCUT2D eigenvalue weighted by Crippen LogP contribution is -2.24. The summed E-state index contributed by atoms with van der Waals surface area (Å²) in [7, 11) is 0. The summed E-state index contributed by atoms with van der Waals surface area (Å²) in [6.07, 6.45) is -0.944. The van der Waals surface area contributed by atoms with E-state index in [4.69, 9.17) is 27.9 Å². The zero-order chi connectivity index (χ0) is 16.3. The Balaban J connectivity index is 2.14. The first kappa shape index (κ1) is 17.0. The van der Waals surface area contributed by atoms with Gasteiger partial charge in [0.2, 0.25) is 5.78 Å². The number of halogens is 3. The molecule has 0 saturated heterocycles. The summed E-state index contributed by atoms with van der Waals surface area (Å²) >= 11 is 15.2. The van der Waals surface area contributed by atoms with Crippen molar-refractivity contribution in [3.63, 3.8) is 0 Å². The molecule has 0 aliphatic carbocycles. The van der Waals surface area contributed by atoms with Gasteiger partial charge in [0, 0.05) is 10.0 Å². The number of rotatable bonds is 4. The van der Waals surface area contributed by atoms with Gasteiger partial charge in [-0.3, -0.25) is 4.79 Å². The van der Waals surface area contributed by atoms with E-state index in [2.05, 4.69) is 15.9 Å². The van der Waals surface area contributed by atoms with E-state index in [-0.39, 0.29) is 21.4 Å². The molecule has 1 atom stereocenters. The minimum absolute atomic E-state index is 0.0567. The second-order valence-electron chi connectivity index (χ2n) is 4.52. The Hall–Kier alpha value is -1.36. The van der Waals surface area contributed by atoms with Crippen molar-refractivity contribution >= 4 is 50.9 Å². The molecule has 0 radical (unpaired) electrons. The molecule has 114 valence electrons. The van der Waals surface area contributed by atoms with Gasteiger partial charge >= 0.3 is 5.97 Å². The van der Waals surface area contributed by atoms with Crippen molar-refractivity contribution in [2.24, 2.45) is 0 Å². The zero-order valence-electron chi connectivity index (χ0n) is 11.5. The standard InChI is InChI=1S/C16H11BrCl2O3/c1-9(15(20)10-5-7-11(17)8-6-10)22-16(21)14-12(18)3-2-4-13(14)19/h2-9H,1H3/t9-/m1/s1. The predicted molar refractivity (Wildman–Crippen MR) is 89.8 cm³/mol. The highest BCUT2D eigenvalue weighted by Gasteiger charge is 2.23. The maximum atomic E-state index is 12.2. The topological polar surface area (TPSA) is 43.4 Å². The number of esters is 1. The van der Waals surface area contributed by atoms with Crippen molar-refractivity contribution in [2.45, 2.75) is 13.0 Å². The van der Waals surface area contributed by atoms with E-state index in [9.17, 15) is 9.59 Å². The van der Waals surface area contributed by atoms with Crippen LogP contribution >= 0.6 is 39.1 Å². The summed E-state index contributed by atoms with van der Waals surface area (Å²) in [5.41, 5.74) is 0.509. The number of hydrogen-bond donors (Lipinski definition) is 0. The fraction of sp³-hybridized carbons (Fsp3) is 0.125. The summed E-state index contributed by atoms with van der Waals surface area (Å²) in [5.74, 6) is -1.03. The van der Waals surface area contributed by atoms with Crippen molar-refractivity contribution in [1.82, 2.24) is 0 Å². The van der Waals surface area contributed by atoms with Crippen LogP contribution in [0.1, 0.15) is 27.6 Å². The molecule has 0 amide bonds. The average Bonchev–Trinajstić information content (AvgIpc) is 2.47. The number of hydrogen-bond acceptors (Lipinski definition) is 3. The van der Waals surface area contributed by atoms with Gasteiger partial charge in [-0.25, -0.2) is 4.79 Å². The molecule has 0 bridgehead atoms. The van der Waals surface area contributed by atoms with Crippen molar-refractivity contribution < 1.29 is 14.3 Å². The van der Waals surface area contributed by atoms with Crippen LogP contribution in [0.25, 0.3) is 0 Å². The molecule has 0 aliphatic rings. The first-order valence-electron chi connectivity index (χ1n) is 6.35. The fourth-order valence-corrected chi connectivity index (χ4v) is 2.63. The van der Waals surface area contributed by atoms with E-state index in [1.165, 1.54) is 19.1 Å². The van der Waals surface area contributed by atoms with Gasteiger partial charge < -0.3 is 4.74 Å². The monoisotopic (exact) mass is 400 g/mol. The molecule has 0 aliphatic heterocycles. The van der Waals surface area contributed by atoms with Gasteiger partial charge in [-0.05, 0) is 31.2 Å². The van der Waals surface area contributed by atoms with E-state index in [1.54, 1.807) is 30.3 Å². The molecule has 6 heteroatoms. The van der Waals surface area contributed by atoms with Gasteiger partial charge in [0.25, 0.3) is 0 Å². The number of carbonyl (C=O) groups excluding carboxylic acids is 2. The zero-order valence-corrected chi connectivity index (χ0v) is 14.6. The van der Waals surface area contributed by atoms with E-state index in [0.29, 0.717) is 5.56 Å². The Morgan fingerprint density at radius 1 is 1.05 bits per heavy atom. The van der Waals surface area contributed by atoms with Crippen LogP contribution in [0.4, 0.5) is 0 Å². The number of ketones is 1. The normalized spacial score (nSPS) is 11.8. The largest absolute Gasteiger partial charge is 0.451 e. The molecular weight excluding hydrogens is 391 g/mol.